The largest absolute Gasteiger partial charge is 0.453 e. The molecule has 1 aromatic rings. The number of carbonyl (C=O) groups is 1. The van der Waals surface area contributed by atoms with E-state index in [1.165, 1.54) is 0 Å². The van der Waals surface area contributed by atoms with Gasteiger partial charge in [-0.25, -0.2) is 4.79 Å². The summed E-state index contributed by atoms with van der Waals surface area (Å²) in [5, 5.41) is 28.2. The number of aliphatic hydroxyl groups is 3. The summed E-state index contributed by atoms with van der Waals surface area (Å²) in [4.78, 5) is 11.8. The summed E-state index contributed by atoms with van der Waals surface area (Å²) in [6.45, 7) is -0.405. The van der Waals surface area contributed by atoms with Crippen LogP contribution in [0.1, 0.15) is 16.8 Å². The van der Waals surface area contributed by atoms with Crippen molar-refractivity contribution in [3.05, 3.63) is 35.9 Å². The van der Waals surface area contributed by atoms with Crippen molar-refractivity contribution in [2.75, 3.05) is 6.61 Å². The molecule has 6 nitrogen and oxygen atoms in total. The van der Waals surface area contributed by atoms with E-state index in [9.17, 15) is 15.0 Å². The molecule has 1 saturated heterocycles. The minimum absolute atomic E-state index is 0.0188. The van der Waals surface area contributed by atoms with Crippen LogP contribution in [-0.4, -0.2) is 52.5 Å². The number of ether oxygens (including phenoxy) is 2. The first kappa shape index (κ1) is 14.0. The lowest BCUT2D eigenvalue weighted by Gasteiger charge is -2.35. The van der Waals surface area contributed by atoms with Crippen LogP contribution in [0.5, 0.6) is 0 Å². The number of benzene rings is 1. The molecule has 1 heterocycles. The van der Waals surface area contributed by atoms with Crippen LogP contribution in [0.2, 0.25) is 0 Å². The fourth-order valence-corrected chi connectivity index (χ4v) is 1.91. The maximum absolute atomic E-state index is 11.8. The van der Waals surface area contributed by atoms with Crippen molar-refractivity contribution in [2.45, 2.75) is 31.0 Å². The van der Waals surface area contributed by atoms with Crippen molar-refractivity contribution in [3.63, 3.8) is 0 Å². The van der Waals surface area contributed by atoms with Gasteiger partial charge in [0.25, 0.3) is 0 Å². The Balaban J connectivity index is 1.98. The molecule has 1 aliphatic rings. The number of aliphatic hydroxyl groups excluding tert-OH is 3. The van der Waals surface area contributed by atoms with Crippen molar-refractivity contribution in [1.82, 2.24) is 0 Å². The van der Waals surface area contributed by atoms with Gasteiger partial charge < -0.3 is 24.8 Å². The molecule has 104 valence electrons. The Labute approximate surface area is 110 Å². The first-order valence-electron chi connectivity index (χ1n) is 6.00. The predicted molar refractivity (Wildman–Crippen MR) is 64.2 cm³/mol. The van der Waals surface area contributed by atoms with Gasteiger partial charge in [-0.1, -0.05) is 18.2 Å². The Morgan fingerprint density at radius 1 is 1.32 bits per heavy atom. The Kier molecular flexibility index (Phi) is 4.49. The van der Waals surface area contributed by atoms with Crippen LogP contribution >= 0.6 is 0 Å². The second-order valence-corrected chi connectivity index (χ2v) is 4.36. The highest BCUT2D eigenvalue weighted by atomic mass is 16.7. The molecule has 0 aromatic heterocycles. The number of hydrogen-bond donors (Lipinski definition) is 3. The first-order chi connectivity index (χ1) is 9.11. The maximum Gasteiger partial charge on any atom is 0.338 e. The van der Waals surface area contributed by atoms with E-state index < -0.39 is 37.2 Å². The molecule has 1 aliphatic heterocycles. The number of esters is 1. The highest BCUT2D eigenvalue weighted by molar-refractivity contribution is 5.89. The van der Waals surface area contributed by atoms with Gasteiger partial charge in [0.05, 0.1) is 18.3 Å². The zero-order valence-corrected chi connectivity index (χ0v) is 10.2. The molecule has 1 aromatic carbocycles. The molecule has 0 aliphatic carbocycles. The average molecular weight is 268 g/mol. The van der Waals surface area contributed by atoms with Crippen LogP contribution < -0.4 is 0 Å². The molecule has 0 spiro atoms. The molecule has 0 radical (unpaired) electrons. The van der Waals surface area contributed by atoms with Crippen molar-refractivity contribution >= 4 is 5.97 Å². The van der Waals surface area contributed by atoms with Gasteiger partial charge >= 0.3 is 5.97 Å². The maximum atomic E-state index is 11.8. The number of rotatable bonds is 3. The molecule has 3 N–H and O–H groups in total. The van der Waals surface area contributed by atoms with Gasteiger partial charge in [0.1, 0.15) is 6.10 Å². The van der Waals surface area contributed by atoms with E-state index >= 15 is 0 Å². The highest BCUT2D eigenvalue weighted by Gasteiger charge is 2.38. The summed E-state index contributed by atoms with van der Waals surface area (Å²) in [5.41, 5.74) is 0.355. The van der Waals surface area contributed by atoms with Gasteiger partial charge in [0, 0.05) is 6.42 Å². The number of hydrogen-bond acceptors (Lipinski definition) is 6. The van der Waals surface area contributed by atoms with Crippen LogP contribution in [0.15, 0.2) is 30.3 Å². The van der Waals surface area contributed by atoms with Crippen LogP contribution in [0.3, 0.4) is 0 Å². The van der Waals surface area contributed by atoms with Crippen molar-refractivity contribution in [1.29, 1.82) is 0 Å². The quantitative estimate of drug-likeness (QED) is 0.650. The normalized spacial score (nSPS) is 30.9. The first-order valence-corrected chi connectivity index (χ1v) is 6.00. The molecule has 0 unspecified atom stereocenters. The molecule has 4 atom stereocenters. The Bertz CT molecular complexity index is 420. The summed E-state index contributed by atoms with van der Waals surface area (Å²) < 4.78 is 10.1. The average Bonchev–Trinajstić information content (AvgIpc) is 2.43. The zero-order valence-electron chi connectivity index (χ0n) is 10.2. The summed E-state index contributed by atoms with van der Waals surface area (Å²) >= 11 is 0. The van der Waals surface area contributed by atoms with Gasteiger partial charge in [0.2, 0.25) is 0 Å². The van der Waals surface area contributed by atoms with Gasteiger partial charge in [-0.3, -0.25) is 0 Å². The minimum Gasteiger partial charge on any atom is -0.453 e. The van der Waals surface area contributed by atoms with E-state index in [4.69, 9.17) is 14.6 Å². The number of carbonyl (C=O) groups excluding carboxylic acids is 1. The fraction of sp³-hybridized carbons (Fsp3) is 0.462. The predicted octanol–water partition coefficient (Wildman–Crippen LogP) is -0.328. The van der Waals surface area contributed by atoms with E-state index in [1.807, 2.05) is 0 Å². The SMILES string of the molecule is O=C(O[C@@H]1C[C@H](O)[C@@H](CO)O[C@H]1O)c1ccccc1. The Morgan fingerprint density at radius 2 is 2.00 bits per heavy atom. The van der Waals surface area contributed by atoms with Crippen LogP contribution in [0.4, 0.5) is 0 Å². The molecule has 0 bridgehead atoms. The molecule has 2 rings (SSSR count). The van der Waals surface area contributed by atoms with Gasteiger partial charge in [-0.05, 0) is 12.1 Å². The standard InChI is InChI=1S/C13H16O6/c14-7-11-9(15)6-10(13(17)19-11)18-12(16)8-4-2-1-3-5-8/h1-5,9-11,13-15,17H,6-7H2/t9-,10+,11+,13+/m0/s1. The van der Waals surface area contributed by atoms with Crippen LogP contribution in [0, 0.1) is 0 Å². The Hall–Kier alpha value is -1.47. The molecule has 6 heteroatoms. The molecule has 19 heavy (non-hydrogen) atoms. The molecular formula is C13H16O6. The van der Waals surface area contributed by atoms with Gasteiger partial charge in [0.15, 0.2) is 12.4 Å². The van der Waals surface area contributed by atoms with Gasteiger partial charge in [-0.2, -0.15) is 0 Å². The van der Waals surface area contributed by atoms with Crippen molar-refractivity contribution < 1.29 is 29.6 Å². The van der Waals surface area contributed by atoms with Crippen LogP contribution in [-0.2, 0) is 9.47 Å². The zero-order chi connectivity index (χ0) is 13.8. The van der Waals surface area contributed by atoms with E-state index in [-0.39, 0.29) is 6.42 Å². The Morgan fingerprint density at radius 3 is 2.63 bits per heavy atom. The lowest BCUT2D eigenvalue weighted by molar-refractivity contribution is -0.251. The molecule has 1 fully saturated rings. The lowest BCUT2D eigenvalue weighted by Crippen LogP contribution is -2.50. The summed E-state index contributed by atoms with van der Waals surface area (Å²) in [5.74, 6) is -0.595. The van der Waals surface area contributed by atoms with Crippen molar-refractivity contribution in [3.8, 4) is 0 Å². The van der Waals surface area contributed by atoms with E-state index in [0.717, 1.165) is 0 Å². The minimum atomic E-state index is -1.35. The summed E-state index contributed by atoms with van der Waals surface area (Å²) in [6.07, 6.45) is -4.13. The second-order valence-electron chi connectivity index (χ2n) is 4.36. The fourth-order valence-electron chi connectivity index (χ4n) is 1.91. The topological polar surface area (TPSA) is 96.2 Å². The molecule has 0 amide bonds. The smallest absolute Gasteiger partial charge is 0.338 e. The van der Waals surface area contributed by atoms with Gasteiger partial charge in [-0.15, -0.1) is 0 Å². The summed E-state index contributed by atoms with van der Waals surface area (Å²) in [6, 6.07) is 8.34. The monoisotopic (exact) mass is 268 g/mol. The third-order valence-electron chi connectivity index (χ3n) is 2.98. The lowest BCUT2D eigenvalue weighted by atomic mass is 10.0. The van der Waals surface area contributed by atoms with E-state index in [1.54, 1.807) is 30.3 Å². The van der Waals surface area contributed by atoms with E-state index in [0.29, 0.717) is 5.56 Å². The summed E-state index contributed by atoms with van der Waals surface area (Å²) in [7, 11) is 0. The van der Waals surface area contributed by atoms with Crippen molar-refractivity contribution in [2.24, 2.45) is 0 Å². The van der Waals surface area contributed by atoms with E-state index in [2.05, 4.69) is 0 Å². The highest BCUT2D eigenvalue weighted by Crippen LogP contribution is 2.22. The third kappa shape index (κ3) is 3.30. The third-order valence-corrected chi connectivity index (χ3v) is 2.98. The second kappa shape index (κ2) is 6.12. The van der Waals surface area contributed by atoms with Crippen LogP contribution in [0.25, 0.3) is 0 Å². The molecular weight excluding hydrogens is 252 g/mol. The molecule has 0 saturated carbocycles.